The van der Waals surface area contributed by atoms with Crippen LogP contribution in [0.2, 0.25) is 5.02 Å². The van der Waals surface area contributed by atoms with Gasteiger partial charge in [-0.15, -0.1) is 0 Å². The number of hydrogen-bond acceptors (Lipinski definition) is 2. The molecule has 0 fully saturated rings. The molecule has 0 spiro atoms. The Balaban J connectivity index is 1.38. The van der Waals surface area contributed by atoms with Gasteiger partial charge in [0.05, 0.1) is 17.5 Å². The third-order valence-electron chi connectivity index (χ3n) is 6.40. The molecule has 1 amide bonds. The molecular weight excluding hydrogens is 442 g/mol. The minimum Gasteiger partial charge on any atom is -0.356 e. The highest BCUT2D eigenvalue weighted by atomic mass is 35.5. The third kappa shape index (κ3) is 8.79. The predicted molar refractivity (Wildman–Crippen MR) is 143 cm³/mol. The first-order valence-electron chi connectivity index (χ1n) is 13.1. The molecule has 1 N–H and O–H groups in total. The molecule has 0 aliphatic rings. The second kappa shape index (κ2) is 14.8. The number of amides is 1. The number of unbranched alkanes of at least 4 members (excludes halogenated alkanes) is 8. The summed E-state index contributed by atoms with van der Waals surface area (Å²) in [6.07, 6.45) is 13.8. The standard InChI is InChI=1S/C29H40ClN3O/c1-2-3-4-5-6-7-13-22-33-27-15-11-10-14-26(27)32-28(33)16-9-8-12-21-31-29(34)23-24-17-19-25(30)20-18-24/h10-11,14-15,17-20H,2-9,12-13,16,21-23H2,1H3,(H,31,34). The van der Waals surface area contributed by atoms with Crippen LogP contribution in [0.15, 0.2) is 48.5 Å². The van der Waals surface area contributed by atoms with Crippen molar-refractivity contribution in [3.05, 3.63) is 64.9 Å². The summed E-state index contributed by atoms with van der Waals surface area (Å²) in [6.45, 7) is 4.05. The first-order valence-corrected chi connectivity index (χ1v) is 13.5. The minimum atomic E-state index is 0.0683. The van der Waals surface area contributed by atoms with Crippen LogP contribution in [0.3, 0.4) is 0 Å². The van der Waals surface area contributed by atoms with E-state index in [2.05, 4.69) is 41.1 Å². The van der Waals surface area contributed by atoms with Crippen LogP contribution in [0.4, 0.5) is 0 Å². The van der Waals surface area contributed by atoms with E-state index in [0.717, 1.165) is 49.9 Å². The van der Waals surface area contributed by atoms with Gasteiger partial charge in [-0.1, -0.05) is 87.7 Å². The Bertz CT molecular complexity index is 996. The number of hydrogen-bond donors (Lipinski definition) is 1. The Morgan fingerprint density at radius 1 is 0.882 bits per heavy atom. The van der Waals surface area contributed by atoms with Gasteiger partial charge in [-0.25, -0.2) is 4.98 Å². The summed E-state index contributed by atoms with van der Waals surface area (Å²) in [5, 5.41) is 3.73. The molecule has 0 aliphatic heterocycles. The first-order chi connectivity index (χ1) is 16.7. The van der Waals surface area contributed by atoms with E-state index >= 15 is 0 Å². The maximum Gasteiger partial charge on any atom is 0.224 e. The average molecular weight is 482 g/mol. The number of aromatic nitrogens is 2. The molecule has 184 valence electrons. The van der Waals surface area contributed by atoms with Crippen molar-refractivity contribution in [2.24, 2.45) is 0 Å². The van der Waals surface area contributed by atoms with Gasteiger partial charge in [0.2, 0.25) is 5.91 Å². The lowest BCUT2D eigenvalue weighted by Gasteiger charge is -2.10. The van der Waals surface area contributed by atoms with Gasteiger partial charge in [0, 0.05) is 24.5 Å². The molecule has 0 saturated heterocycles. The lowest BCUT2D eigenvalue weighted by Crippen LogP contribution is -2.26. The van der Waals surface area contributed by atoms with Gasteiger partial charge >= 0.3 is 0 Å². The number of benzene rings is 2. The van der Waals surface area contributed by atoms with Crippen LogP contribution in [0.25, 0.3) is 11.0 Å². The van der Waals surface area contributed by atoms with Crippen molar-refractivity contribution in [3.8, 4) is 0 Å². The normalized spacial score (nSPS) is 11.2. The number of para-hydroxylation sites is 2. The molecule has 0 unspecified atom stereocenters. The second-order valence-electron chi connectivity index (χ2n) is 9.25. The number of rotatable bonds is 16. The van der Waals surface area contributed by atoms with E-state index in [-0.39, 0.29) is 5.91 Å². The number of carbonyl (C=O) groups is 1. The lowest BCUT2D eigenvalue weighted by atomic mass is 10.1. The van der Waals surface area contributed by atoms with Crippen molar-refractivity contribution in [1.29, 1.82) is 0 Å². The second-order valence-corrected chi connectivity index (χ2v) is 9.69. The molecule has 0 atom stereocenters. The molecule has 1 aromatic heterocycles. The number of nitrogens with one attached hydrogen (secondary N) is 1. The number of aryl methyl sites for hydroxylation is 2. The van der Waals surface area contributed by atoms with Crippen molar-refractivity contribution >= 4 is 28.5 Å². The molecule has 3 aromatic rings. The summed E-state index contributed by atoms with van der Waals surface area (Å²) in [6, 6.07) is 16.0. The Hall–Kier alpha value is -2.33. The molecule has 0 saturated carbocycles. The fourth-order valence-corrected chi connectivity index (χ4v) is 4.58. The molecule has 4 nitrogen and oxygen atoms in total. The zero-order valence-electron chi connectivity index (χ0n) is 20.7. The monoisotopic (exact) mass is 481 g/mol. The zero-order valence-corrected chi connectivity index (χ0v) is 21.5. The molecule has 3 rings (SSSR count). The SMILES string of the molecule is CCCCCCCCCn1c(CCCCCNC(=O)Cc2ccc(Cl)cc2)nc2ccccc21. The summed E-state index contributed by atoms with van der Waals surface area (Å²) >= 11 is 5.90. The Kier molecular flexibility index (Phi) is 11.5. The smallest absolute Gasteiger partial charge is 0.224 e. The molecule has 0 bridgehead atoms. The lowest BCUT2D eigenvalue weighted by molar-refractivity contribution is -0.120. The summed E-state index contributed by atoms with van der Waals surface area (Å²) < 4.78 is 2.44. The highest BCUT2D eigenvalue weighted by Crippen LogP contribution is 2.19. The largest absolute Gasteiger partial charge is 0.356 e. The number of halogens is 1. The van der Waals surface area contributed by atoms with E-state index in [4.69, 9.17) is 16.6 Å². The third-order valence-corrected chi connectivity index (χ3v) is 6.65. The van der Waals surface area contributed by atoms with Crippen LogP contribution in [-0.4, -0.2) is 22.0 Å². The van der Waals surface area contributed by atoms with Crippen molar-refractivity contribution in [2.75, 3.05) is 6.54 Å². The number of carbonyl (C=O) groups excluding carboxylic acids is 1. The summed E-state index contributed by atoms with van der Waals surface area (Å²) in [7, 11) is 0. The molecule has 2 aromatic carbocycles. The minimum absolute atomic E-state index is 0.0683. The molecule has 34 heavy (non-hydrogen) atoms. The number of imidazole rings is 1. The Morgan fingerprint density at radius 2 is 1.59 bits per heavy atom. The van der Waals surface area contributed by atoms with Crippen LogP contribution in [0, 0.1) is 0 Å². The zero-order chi connectivity index (χ0) is 24.0. The maximum absolute atomic E-state index is 12.1. The van der Waals surface area contributed by atoms with Gasteiger partial charge in [-0.05, 0) is 49.1 Å². The van der Waals surface area contributed by atoms with Gasteiger partial charge in [0.25, 0.3) is 0 Å². The fourth-order valence-electron chi connectivity index (χ4n) is 4.46. The van der Waals surface area contributed by atoms with Crippen molar-refractivity contribution < 1.29 is 4.79 Å². The number of fused-ring (bicyclic) bond motifs is 1. The molecule has 1 heterocycles. The quantitative estimate of drug-likeness (QED) is 0.215. The van der Waals surface area contributed by atoms with Crippen LogP contribution in [0.5, 0.6) is 0 Å². The molecule has 0 aliphatic carbocycles. The summed E-state index contributed by atoms with van der Waals surface area (Å²) in [4.78, 5) is 17.1. The van der Waals surface area contributed by atoms with E-state index in [1.807, 2.05) is 24.3 Å². The first kappa shape index (κ1) is 26.3. The van der Waals surface area contributed by atoms with Crippen LogP contribution in [0.1, 0.15) is 82.5 Å². The summed E-state index contributed by atoms with van der Waals surface area (Å²) in [5.41, 5.74) is 3.36. The van der Waals surface area contributed by atoms with Crippen molar-refractivity contribution in [2.45, 2.75) is 90.5 Å². The highest BCUT2D eigenvalue weighted by Gasteiger charge is 2.10. The van der Waals surface area contributed by atoms with E-state index in [9.17, 15) is 4.79 Å². The van der Waals surface area contributed by atoms with Gasteiger partial charge in [-0.3, -0.25) is 4.79 Å². The van der Waals surface area contributed by atoms with Crippen LogP contribution >= 0.6 is 11.6 Å². The topological polar surface area (TPSA) is 46.9 Å². The average Bonchev–Trinajstić information content (AvgIpc) is 3.19. The van der Waals surface area contributed by atoms with Gasteiger partial charge in [-0.2, -0.15) is 0 Å². The highest BCUT2D eigenvalue weighted by molar-refractivity contribution is 6.30. The van der Waals surface area contributed by atoms with Gasteiger partial charge < -0.3 is 9.88 Å². The fraction of sp³-hybridized carbons (Fsp3) is 0.517. The molecule has 5 heteroatoms. The van der Waals surface area contributed by atoms with Crippen LogP contribution < -0.4 is 5.32 Å². The predicted octanol–water partition coefficient (Wildman–Crippen LogP) is 7.51. The summed E-state index contributed by atoms with van der Waals surface area (Å²) in [5.74, 6) is 1.28. The van der Waals surface area contributed by atoms with Crippen LogP contribution in [-0.2, 0) is 24.2 Å². The van der Waals surface area contributed by atoms with Gasteiger partial charge in [0.15, 0.2) is 0 Å². The van der Waals surface area contributed by atoms with E-state index in [1.165, 1.54) is 56.3 Å². The molecule has 0 radical (unpaired) electrons. The van der Waals surface area contributed by atoms with Crippen molar-refractivity contribution in [1.82, 2.24) is 14.9 Å². The van der Waals surface area contributed by atoms with E-state index in [1.54, 1.807) is 0 Å². The number of nitrogens with zero attached hydrogens (tertiary/aromatic N) is 2. The maximum atomic E-state index is 12.1. The van der Waals surface area contributed by atoms with E-state index < -0.39 is 0 Å². The Morgan fingerprint density at radius 3 is 2.38 bits per heavy atom. The van der Waals surface area contributed by atoms with E-state index in [0.29, 0.717) is 11.4 Å². The van der Waals surface area contributed by atoms with Gasteiger partial charge in [0.1, 0.15) is 5.82 Å². The van der Waals surface area contributed by atoms with Crippen molar-refractivity contribution in [3.63, 3.8) is 0 Å². The molecular formula is C29H40ClN3O. The Labute approximate surface area is 210 Å².